The van der Waals surface area contributed by atoms with Crippen molar-refractivity contribution in [1.82, 2.24) is 24.6 Å². The minimum absolute atomic E-state index is 0.211. The highest BCUT2D eigenvalue weighted by atomic mass is 19.1. The highest BCUT2D eigenvalue weighted by molar-refractivity contribution is 5.94. The van der Waals surface area contributed by atoms with E-state index in [4.69, 9.17) is 0 Å². The maximum Gasteiger partial charge on any atom is 0.321 e. The minimum Gasteiger partial charge on any atom is -0.325 e. The number of carbonyl (C=O) groups is 2. The van der Waals surface area contributed by atoms with Crippen LogP contribution in [0.25, 0.3) is 5.82 Å². The van der Waals surface area contributed by atoms with Crippen LogP contribution in [0.3, 0.4) is 0 Å². The van der Waals surface area contributed by atoms with Gasteiger partial charge in [-0.1, -0.05) is 6.07 Å². The normalized spacial score (nSPS) is 15.2. The quantitative estimate of drug-likeness (QED) is 0.640. The van der Waals surface area contributed by atoms with E-state index in [9.17, 15) is 14.0 Å². The molecule has 0 aliphatic carbocycles. The van der Waals surface area contributed by atoms with E-state index in [0.29, 0.717) is 43.4 Å². The molecule has 0 unspecified atom stereocenters. The van der Waals surface area contributed by atoms with Crippen molar-refractivity contribution in [1.29, 1.82) is 0 Å². The van der Waals surface area contributed by atoms with Gasteiger partial charge in [-0.05, 0) is 43.3 Å². The number of urea groups is 1. The molecule has 3 amide bonds. The van der Waals surface area contributed by atoms with Gasteiger partial charge in [0.25, 0.3) is 0 Å². The molecule has 1 aliphatic heterocycles. The van der Waals surface area contributed by atoms with Gasteiger partial charge < -0.3 is 15.5 Å². The van der Waals surface area contributed by atoms with Gasteiger partial charge in [0.15, 0.2) is 5.82 Å². The minimum atomic E-state index is -0.402. The summed E-state index contributed by atoms with van der Waals surface area (Å²) in [6, 6.07) is 10.5. The third kappa shape index (κ3) is 5.09. The van der Waals surface area contributed by atoms with Crippen molar-refractivity contribution in [3.63, 3.8) is 0 Å². The average Bonchev–Trinajstić information content (AvgIpc) is 3.34. The van der Waals surface area contributed by atoms with Crippen molar-refractivity contribution in [3.8, 4) is 5.82 Å². The summed E-state index contributed by atoms with van der Waals surface area (Å²) in [6.07, 6.45) is 5.05. The molecule has 2 aromatic heterocycles. The van der Waals surface area contributed by atoms with Crippen LogP contribution in [0.1, 0.15) is 6.92 Å². The number of anilines is 2. The molecule has 166 valence electrons. The second-order valence-corrected chi connectivity index (χ2v) is 7.48. The number of pyridine rings is 1. The zero-order chi connectivity index (χ0) is 22.5. The number of halogens is 1. The van der Waals surface area contributed by atoms with Gasteiger partial charge >= 0.3 is 6.03 Å². The highest BCUT2D eigenvalue weighted by Crippen LogP contribution is 2.14. The van der Waals surface area contributed by atoms with Gasteiger partial charge in [-0.2, -0.15) is 5.10 Å². The summed E-state index contributed by atoms with van der Waals surface area (Å²) < 4.78 is 15.0. The number of hydrogen-bond donors (Lipinski definition) is 2. The summed E-state index contributed by atoms with van der Waals surface area (Å²) in [4.78, 5) is 33.1. The molecule has 9 nitrogen and oxygen atoms in total. The highest BCUT2D eigenvalue weighted by Gasteiger charge is 2.27. The Morgan fingerprint density at radius 1 is 1.03 bits per heavy atom. The molecule has 10 heteroatoms. The summed E-state index contributed by atoms with van der Waals surface area (Å²) in [6.45, 7) is 3.89. The summed E-state index contributed by atoms with van der Waals surface area (Å²) in [7, 11) is 0. The summed E-state index contributed by atoms with van der Waals surface area (Å²) in [5.41, 5.74) is 1.02. The van der Waals surface area contributed by atoms with Crippen molar-refractivity contribution in [2.45, 2.75) is 13.0 Å². The molecule has 2 N–H and O–H groups in total. The second kappa shape index (κ2) is 9.56. The molecule has 32 heavy (non-hydrogen) atoms. The van der Waals surface area contributed by atoms with E-state index in [1.807, 2.05) is 11.0 Å². The monoisotopic (exact) mass is 437 g/mol. The lowest BCUT2D eigenvalue weighted by Gasteiger charge is -2.37. The predicted molar refractivity (Wildman–Crippen MR) is 118 cm³/mol. The molecular weight excluding hydrogens is 413 g/mol. The lowest BCUT2D eigenvalue weighted by molar-refractivity contribution is -0.121. The Kier molecular flexibility index (Phi) is 6.41. The van der Waals surface area contributed by atoms with Crippen LogP contribution in [-0.4, -0.2) is 68.7 Å². The average molecular weight is 437 g/mol. The molecule has 4 rings (SSSR count). The molecule has 1 saturated heterocycles. The number of rotatable bonds is 5. The van der Waals surface area contributed by atoms with Gasteiger partial charge in [0.2, 0.25) is 5.91 Å². The first-order chi connectivity index (χ1) is 15.5. The number of hydrogen-bond acceptors (Lipinski definition) is 5. The molecule has 0 radical (unpaired) electrons. The molecule has 0 spiro atoms. The number of nitrogens with one attached hydrogen (secondary N) is 2. The van der Waals surface area contributed by atoms with Crippen LogP contribution in [0.15, 0.2) is 61.1 Å². The molecular formula is C22H24FN7O2. The lowest BCUT2D eigenvalue weighted by atomic mass is 10.2. The van der Waals surface area contributed by atoms with E-state index in [1.165, 1.54) is 12.1 Å². The Bertz CT molecular complexity index is 1060. The first-order valence-corrected chi connectivity index (χ1v) is 10.3. The van der Waals surface area contributed by atoms with Crippen molar-refractivity contribution >= 4 is 23.3 Å². The number of piperazine rings is 1. The van der Waals surface area contributed by atoms with Gasteiger partial charge in [-0.25, -0.2) is 18.9 Å². The maximum atomic E-state index is 13.3. The fraction of sp³-hybridized carbons (Fsp3) is 0.273. The van der Waals surface area contributed by atoms with E-state index < -0.39 is 11.9 Å². The SMILES string of the molecule is C[C@H](C(=O)Nc1cccc(F)c1)N1CCN(C(=O)Nc2ccc(-n3cccn3)nc2)CC1. The summed E-state index contributed by atoms with van der Waals surface area (Å²) >= 11 is 0. The van der Waals surface area contributed by atoms with Crippen LogP contribution in [-0.2, 0) is 4.79 Å². The molecule has 1 aliphatic rings. The number of amides is 3. The van der Waals surface area contributed by atoms with Crippen molar-refractivity contribution in [2.24, 2.45) is 0 Å². The standard InChI is InChI=1S/C22H24FN7O2/c1-16(21(31)26-18-5-2-4-17(23)14-18)28-10-12-29(13-11-28)22(32)27-19-6-7-20(24-15-19)30-9-3-8-25-30/h2-9,14-16H,10-13H2,1H3,(H,26,31)(H,27,32)/t16-/m1/s1. The first kappa shape index (κ1) is 21.4. The van der Waals surface area contributed by atoms with Crippen LogP contribution in [0, 0.1) is 5.82 Å². The zero-order valence-corrected chi connectivity index (χ0v) is 17.6. The topological polar surface area (TPSA) is 95.4 Å². The fourth-order valence-corrected chi connectivity index (χ4v) is 3.49. The van der Waals surface area contributed by atoms with Crippen LogP contribution < -0.4 is 10.6 Å². The van der Waals surface area contributed by atoms with Gasteiger partial charge in [0.05, 0.1) is 17.9 Å². The molecule has 1 aromatic carbocycles. The summed E-state index contributed by atoms with van der Waals surface area (Å²) in [5.74, 6) is 0.0465. The number of nitrogens with zero attached hydrogens (tertiary/aromatic N) is 5. The Hall–Kier alpha value is -3.79. The Morgan fingerprint density at radius 3 is 2.50 bits per heavy atom. The van der Waals surface area contributed by atoms with E-state index in [1.54, 1.807) is 59.4 Å². The van der Waals surface area contributed by atoms with Crippen LogP contribution in [0.2, 0.25) is 0 Å². The van der Waals surface area contributed by atoms with E-state index in [2.05, 4.69) is 20.7 Å². The molecule has 0 saturated carbocycles. The third-order valence-corrected chi connectivity index (χ3v) is 5.36. The number of carbonyl (C=O) groups excluding carboxylic acids is 2. The number of benzene rings is 1. The van der Waals surface area contributed by atoms with Crippen molar-refractivity contribution in [2.75, 3.05) is 36.8 Å². The van der Waals surface area contributed by atoms with E-state index in [0.717, 1.165) is 0 Å². The Labute approximate surface area is 184 Å². The van der Waals surface area contributed by atoms with Crippen LogP contribution in [0.4, 0.5) is 20.6 Å². The van der Waals surface area contributed by atoms with Gasteiger partial charge in [-0.3, -0.25) is 9.69 Å². The number of aromatic nitrogens is 3. The van der Waals surface area contributed by atoms with Crippen molar-refractivity contribution < 1.29 is 14.0 Å². The molecule has 1 atom stereocenters. The second-order valence-electron chi connectivity index (χ2n) is 7.48. The zero-order valence-electron chi connectivity index (χ0n) is 17.6. The smallest absolute Gasteiger partial charge is 0.321 e. The van der Waals surface area contributed by atoms with E-state index in [-0.39, 0.29) is 11.9 Å². The summed E-state index contributed by atoms with van der Waals surface area (Å²) in [5, 5.41) is 9.70. The lowest BCUT2D eigenvalue weighted by Crippen LogP contribution is -2.54. The first-order valence-electron chi connectivity index (χ1n) is 10.3. The Morgan fingerprint density at radius 2 is 1.84 bits per heavy atom. The molecule has 3 heterocycles. The van der Waals surface area contributed by atoms with Gasteiger partial charge in [-0.15, -0.1) is 0 Å². The van der Waals surface area contributed by atoms with Crippen molar-refractivity contribution in [3.05, 3.63) is 66.9 Å². The maximum absolute atomic E-state index is 13.3. The predicted octanol–water partition coefficient (Wildman–Crippen LogP) is 2.58. The fourth-order valence-electron chi connectivity index (χ4n) is 3.49. The largest absolute Gasteiger partial charge is 0.325 e. The van der Waals surface area contributed by atoms with Crippen LogP contribution in [0.5, 0.6) is 0 Å². The van der Waals surface area contributed by atoms with Crippen LogP contribution >= 0.6 is 0 Å². The van der Waals surface area contributed by atoms with Gasteiger partial charge in [0.1, 0.15) is 5.82 Å². The van der Waals surface area contributed by atoms with E-state index >= 15 is 0 Å². The molecule has 3 aromatic rings. The van der Waals surface area contributed by atoms with Gasteiger partial charge in [0, 0.05) is 44.3 Å². The molecule has 1 fully saturated rings. The Balaban J connectivity index is 1.26. The third-order valence-electron chi connectivity index (χ3n) is 5.36. The molecule has 0 bridgehead atoms.